The highest BCUT2D eigenvalue weighted by atomic mass is 19.1. The van der Waals surface area contributed by atoms with E-state index in [1.807, 2.05) is 12.1 Å². The minimum absolute atomic E-state index is 0.158. The van der Waals surface area contributed by atoms with Gasteiger partial charge in [-0.15, -0.1) is 0 Å². The Morgan fingerprint density at radius 2 is 1.73 bits per heavy atom. The van der Waals surface area contributed by atoms with E-state index in [1.54, 1.807) is 0 Å². The fraction of sp³-hybridized carbons (Fsp3) is 0.333. The molecule has 58 valence electrons. The second kappa shape index (κ2) is 2.53. The van der Waals surface area contributed by atoms with E-state index in [4.69, 9.17) is 0 Å². The van der Waals surface area contributed by atoms with E-state index in [9.17, 15) is 4.39 Å². The lowest BCUT2D eigenvalue weighted by atomic mass is 10.2. The fourth-order valence-electron chi connectivity index (χ4n) is 1.23. The Balaban J connectivity index is 2.18. The van der Waals surface area contributed by atoms with E-state index >= 15 is 0 Å². The van der Waals surface area contributed by atoms with Crippen molar-refractivity contribution >= 4 is 5.69 Å². The molecule has 2 rings (SSSR count). The van der Waals surface area contributed by atoms with E-state index in [0.29, 0.717) is 0 Å². The van der Waals surface area contributed by atoms with Crippen LogP contribution in [0.5, 0.6) is 0 Å². The maximum atomic E-state index is 12.5. The van der Waals surface area contributed by atoms with Crippen LogP contribution in [-0.4, -0.2) is 13.1 Å². The lowest BCUT2D eigenvalue weighted by molar-refractivity contribution is 0.610. The summed E-state index contributed by atoms with van der Waals surface area (Å²) in [6.45, 7) is 2.23. The van der Waals surface area contributed by atoms with Crippen molar-refractivity contribution in [3.63, 3.8) is 0 Å². The molecule has 1 aliphatic rings. The Labute approximate surface area is 65.4 Å². The summed E-state index contributed by atoms with van der Waals surface area (Å²) in [5.74, 6) is -0.158. The number of nitrogens with zero attached hydrogens (tertiary/aromatic N) is 1. The van der Waals surface area contributed by atoms with Crippen LogP contribution in [-0.2, 0) is 0 Å². The fourth-order valence-corrected chi connectivity index (χ4v) is 1.23. The molecule has 1 aromatic carbocycles. The van der Waals surface area contributed by atoms with Gasteiger partial charge in [-0.3, -0.25) is 0 Å². The first-order chi connectivity index (χ1) is 5.36. The molecular formula is C9H10FN. The molecule has 0 spiro atoms. The van der Waals surface area contributed by atoms with Crippen molar-refractivity contribution in [2.75, 3.05) is 18.0 Å². The highest BCUT2D eigenvalue weighted by Gasteiger charge is 2.13. The van der Waals surface area contributed by atoms with Gasteiger partial charge in [0.2, 0.25) is 0 Å². The molecule has 1 heterocycles. The van der Waals surface area contributed by atoms with Gasteiger partial charge in [0.15, 0.2) is 0 Å². The van der Waals surface area contributed by atoms with E-state index < -0.39 is 0 Å². The molecule has 0 N–H and O–H groups in total. The van der Waals surface area contributed by atoms with Gasteiger partial charge in [-0.05, 0) is 30.7 Å². The number of halogens is 1. The van der Waals surface area contributed by atoms with Gasteiger partial charge in [-0.1, -0.05) is 0 Å². The molecule has 0 unspecified atom stereocenters. The zero-order valence-electron chi connectivity index (χ0n) is 6.26. The van der Waals surface area contributed by atoms with Gasteiger partial charge in [0, 0.05) is 18.8 Å². The lowest BCUT2D eigenvalue weighted by Crippen LogP contribution is -2.36. The lowest BCUT2D eigenvalue weighted by Gasteiger charge is -2.33. The number of rotatable bonds is 1. The van der Waals surface area contributed by atoms with Crippen LogP contribution < -0.4 is 4.90 Å². The molecule has 1 saturated heterocycles. The van der Waals surface area contributed by atoms with Crippen LogP contribution in [0.15, 0.2) is 24.3 Å². The SMILES string of the molecule is Fc1ccc(N2CCC2)cc1. The quantitative estimate of drug-likeness (QED) is 0.593. The Morgan fingerprint density at radius 3 is 2.18 bits per heavy atom. The van der Waals surface area contributed by atoms with Crippen LogP contribution >= 0.6 is 0 Å². The molecule has 0 bridgehead atoms. The number of benzene rings is 1. The van der Waals surface area contributed by atoms with E-state index in [2.05, 4.69) is 4.90 Å². The van der Waals surface area contributed by atoms with Gasteiger partial charge in [-0.25, -0.2) is 4.39 Å². The summed E-state index contributed by atoms with van der Waals surface area (Å²) in [6, 6.07) is 6.67. The van der Waals surface area contributed by atoms with Crippen LogP contribution in [0.3, 0.4) is 0 Å². The molecule has 11 heavy (non-hydrogen) atoms. The highest BCUT2D eigenvalue weighted by molar-refractivity contribution is 5.47. The first kappa shape index (κ1) is 6.65. The van der Waals surface area contributed by atoms with Crippen LogP contribution in [0, 0.1) is 5.82 Å². The maximum Gasteiger partial charge on any atom is 0.123 e. The van der Waals surface area contributed by atoms with E-state index in [1.165, 1.54) is 18.6 Å². The molecule has 1 fully saturated rings. The van der Waals surface area contributed by atoms with E-state index in [-0.39, 0.29) is 5.82 Å². The topological polar surface area (TPSA) is 3.24 Å². The van der Waals surface area contributed by atoms with Crippen LogP contribution in [0.1, 0.15) is 6.42 Å². The van der Waals surface area contributed by atoms with Gasteiger partial charge in [-0.2, -0.15) is 0 Å². The predicted molar refractivity (Wildman–Crippen MR) is 43.2 cm³/mol. The molecular weight excluding hydrogens is 141 g/mol. The standard InChI is InChI=1S/C9H10FN/c10-8-2-4-9(5-3-8)11-6-1-7-11/h2-5H,1,6-7H2. The third kappa shape index (κ3) is 1.20. The van der Waals surface area contributed by atoms with Gasteiger partial charge >= 0.3 is 0 Å². The zero-order valence-corrected chi connectivity index (χ0v) is 6.26. The molecule has 0 aromatic heterocycles. The van der Waals surface area contributed by atoms with Gasteiger partial charge < -0.3 is 4.90 Å². The van der Waals surface area contributed by atoms with Crippen molar-refractivity contribution in [3.8, 4) is 0 Å². The second-order valence-electron chi connectivity index (χ2n) is 2.82. The van der Waals surface area contributed by atoms with E-state index in [0.717, 1.165) is 18.8 Å². The minimum Gasteiger partial charge on any atom is -0.371 e. The summed E-state index contributed by atoms with van der Waals surface area (Å²) in [6.07, 6.45) is 1.26. The van der Waals surface area contributed by atoms with Crippen molar-refractivity contribution in [3.05, 3.63) is 30.1 Å². The molecule has 0 atom stereocenters. The smallest absolute Gasteiger partial charge is 0.123 e. The summed E-state index contributed by atoms with van der Waals surface area (Å²) in [4.78, 5) is 2.24. The van der Waals surface area contributed by atoms with Gasteiger partial charge in [0.05, 0.1) is 0 Å². The first-order valence-corrected chi connectivity index (χ1v) is 3.87. The summed E-state index contributed by atoms with van der Waals surface area (Å²) in [7, 11) is 0. The Morgan fingerprint density at radius 1 is 1.09 bits per heavy atom. The Bertz CT molecular complexity index is 238. The summed E-state index contributed by atoms with van der Waals surface area (Å²) in [5, 5.41) is 0. The molecule has 0 aliphatic carbocycles. The Hall–Kier alpha value is -1.05. The third-order valence-electron chi connectivity index (χ3n) is 2.05. The van der Waals surface area contributed by atoms with Crippen LogP contribution in [0.25, 0.3) is 0 Å². The van der Waals surface area contributed by atoms with Crippen molar-refractivity contribution in [2.24, 2.45) is 0 Å². The highest BCUT2D eigenvalue weighted by Crippen LogP contribution is 2.19. The maximum absolute atomic E-state index is 12.5. The number of anilines is 1. The average Bonchev–Trinajstić information content (AvgIpc) is 1.90. The average molecular weight is 151 g/mol. The number of hydrogen-bond acceptors (Lipinski definition) is 1. The zero-order chi connectivity index (χ0) is 7.68. The van der Waals surface area contributed by atoms with Crippen LogP contribution in [0.2, 0.25) is 0 Å². The molecule has 0 radical (unpaired) electrons. The van der Waals surface area contributed by atoms with Crippen molar-refractivity contribution in [1.82, 2.24) is 0 Å². The molecule has 1 nitrogen and oxygen atoms in total. The molecule has 1 aliphatic heterocycles. The molecule has 0 amide bonds. The van der Waals surface area contributed by atoms with Crippen molar-refractivity contribution in [2.45, 2.75) is 6.42 Å². The first-order valence-electron chi connectivity index (χ1n) is 3.87. The molecule has 2 heteroatoms. The number of hydrogen-bond donors (Lipinski definition) is 0. The normalized spacial score (nSPS) is 16.3. The van der Waals surface area contributed by atoms with Crippen molar-refractivity contribution in [1.29, 1.82) is 0 Å². The monoisotopic (exact) mass is 151 g/mol. The Kier molecular flexibility index (Phi) is 1.53. The van der Waals surface area contributed by atoms with Crippen LogP contribution in [0.4, 0.5) is 10.1 Å². The predicted octanol–water partition coefficient (Wildman–Crippen LogP) is 2.04. The second-order valence-corrected chi connectivity index (χ2v) is 2.82. The summed E-state index contributed by atoms with van der Waals surface area (Å²) in [5.41, 5.74) is 1.14. The van der Waals surface area contributed by atoms with Gasteiger partial charge in [0.25, 0.3) is 0 Å². The minimum atomic E-state index is -0.158. The summed E-state index contributed by atoms with van der Waals surface area (Å²) < 4.78 is 12.5. The molecule has 0 saturated carbocycles. The van der Waals surface area contributed by atoms with Gasteiger partial charge in [0.1, 0.15) is 5.82 Å². The van der Waals surface area contributed by atoms with Crippen molar-refractivity contribution < 1.29 is 4.39 Å². The molecule has 1 aromatic rings. The third-order valence-corrected chi connectivity index (χ3v) is 2.05. The largest absolute Gasteiger partial charge is 0.371 e. The summed E-state index contributed by atoms with van der Waals surface area (Å²) >= 11 is 0.